The number of pyridine rings is 1. The van der Waals surface area contributed by atoms with Gasteiger partial charge in [0.2, 0.25) is 11.8 Å². The molecule has 2 amide bonds. The van der Waals surface area contributed by atoms with Crippen LogP contribution in [0, 0.1) is 5.92 Å². The minimum absolute atomic E-state index is 0.0189. The van der Waals surface area contributed by atoms with E-state index in [1.54, 1.807) is 18.0 Å². The Kier molecular flexibility index (Phi) is 4.60. The SMILES string of the molecule is CCC(C)C1NC(=O)C(C)N(C(C)c2ccccn2)C1=O. The Hall–Kier alpha value is -1.91. The Morgan fingerprint density at radius 2 is 2.05 bits per heavy atom. The van der Waals surface area contributed by atoms with Crippen molar-refractivity contribution in [3.05, 3.63) is 30.1 Å². The van der Waals surface area contributed by atoms with Crippen LogP contribution in [-0.2, 0) is 9.59 Å². The zero-order valence-electron chi connectivity index (χ0n) is 13.0. The van der Waals surface area contributed by atoms with E-state index < -0.39 is 12.1 Å². The molecule has 1 aromatic rings. The van der Waals surface area contributed by atoms with Crippen molar-refractivity contribution < 1.29 is 9.59 Å². The Balaban J connectivity index is 2.30. The molecule has 114 valence electrons. The van der Waals surface area contributed by atoms with E-state index in [0.717, 1.165) is 12.1 Å². The van der Waals surface area contributed by atoms with Gasteiger partial charge in [0.25, 0.3) is 0 Å². The maximum Gasteiger partial charge on any atom is 0.246 e. The van der Waals surface area contributed by atoms with Crippen molar-refractivity contribution in [3.8, 4) is 0 Å². The molecule has 1 saturated heterocycles. The maximum absolute atomic E-state index is 12.8. The molecule has 21 heavy (non-hydrogen) atoms. The van der Waals surface area contributed by atoms with E-state index in [2.05, 4.69) is 10.3 Å². The number of aromatic nitrogens is 1. The molecule has 1 N–H and O–H groups in total. The van der Waals surface area contributed by atoms with E-state index in [1.165, 1.54) is 0 Å². The van der Waals surface area contributed by atoms with Gasteiger partial charge >= 0.3 is 0 Å². The first-order valence-electron chi connectivity index (χ1n) is 7.50. The van der Waals surface area contributed by atoms with Gasteiger partial charge in [-0.15, -0.1) is 0 Å². The summed E-state index contributed by atoms with van der Waals surface area (Å²) >= 11 is 0. The van der Waals surface area contributed by atoms with Gasteiger partial charge in [-0.3, -0.25) is 14.6 Å². The number of hydrogen-bond donors (Lipinski definition) is 1. The molecule has 0 aromatic carbocycles. The van der Waals surface area contributed by atoms with Gasteiger partial charge < -0.3 is 10.2 Å². The van der Waals surface area contributed by atoms with Crippen molar-refractivity contribution in [2.45, 2.75) is 52.2 Å². The number of rotatable bonds is 4. The van der Waals surface area contributed by atoms with E-state index in [4.69, 9.17) is 0 Å². The van der Waals surface area contributed by atoms with Gasteiger partial charge in [0.15, 0.2) is 0 Å². The van der Waals surface area contributed by atoms with Gasteiger partial charge in [-0.1, -0.05) is 26.3 Å². The zero-order chi connectivity index (χ0) is 15.6. The molecule has 2 heterocycles. The molecule has 1 aliphatic rings. The molecule has 0 saturated carbocycles. The monoisotopic (exact) mass is 289 g/mol. The molecule has 5 nitrogen and oxygen atoms in total. The molecule has 0 aliphatic carbocycles. The summed E-state index contributed by atoms with van der Waals surface area (Å²) in [4.78, 5) is 30.9. The van der Waals surface area contributed by atoms with Crippen molar-refractivity contribution in [1.29, 1.82) is 0 Å². The molecule has 1 fully saturated rings. The molecule has 1 aliphatic heterocycles. The molecule has 4 unspecified atom stereocenters. The molecule has 0 bridgehead atoms. The highest BCUT2D eigenvalue weighted by molar-refractivity contribution is 5.97. The number of hydrogen-bond acceptors (Lipinski definition) is 3. The molecular weight excluding hydrogens is 266 g/mol. The fraction of sp³-hybridized carbons (Fsp3) is 0.562. The standard InChI is InChI=1S/C16H23N3O2/c1-5-10(2)14-16(21)19(12(4)15(20)18-14)11(3)13-8-6-7-9-17-13/h6-12,14H,5H2,1-4H3,(H,18,20). The van der Waals surface area contributed by atoms with Crippen LogP contribution in [0.15, 0.2) is 24.4 Å². The first-order chi connectivity index (χ1) is 9.97. The summed E-state index contributed by atoms with van der Waals surface area (Å²) in [5, 5.41) is 2.85. The Morgan fingerprint density at radius 3 is 2.62 bits per heavy atom. The number of nitrogens with one attached hydrogen (secondary N) is 1. The van der Waals surface area contributed by atoms with Crippen LogP contribution in [0.2, 0.25) is 0 Å². The summed E-state index contributed by atoms with van der Waals surface area (Å²) in [6.45, 7) is 7.69. The van der Waals surface area contributed by atoms with Gasteiger partial charge in [-0.05, 0) is 31.9 Å². The van der Waals surface area contributed by atoms with Crippen LogP contribution in [-0.4, -0.2) is 33.8 Å². The van der Waals surface area contributed by atoms with Crippen LogP contribution in [0.3, 0.4) is 0 Å². The Morgan fingerprint density at radius 1 is 1.33 bits per heavy atom. The van der Waals surface area contributed by atoms with E-state index in [1.807, 2.05) is 39.0 Å². The lowest BCUT2D eigenvalue weighted by atomic mass is 9.93. The zero-order valence-corrected chi connectivity index (χ0v) is 13.0. The first-order valence-corrected chi connectivity index (χ1v) is 7.50. The summed E-state index contributed by atoms with van der Waals surface area (Å²) < 4.78 is 0. The summed E-state index contributed by atoms with van der Waals surface area (Å²) in [5.41, 5.74) is 0.801. The van der Waals surface area contributed by atoms with Crippen LogP contribution >= 0.6 is 0 Å². The first kappa shape index (κ1) is 15.5. The lowest BCUT2D eigenvalue weighted by molar-refractivity contribution is -0.152. The number of amides is 2. The average Bonchev–Trinajstić information content (AvgIpc) is 2.51. The smallest absolute Gasteiger partial charge is 0.246 e. The van der Waals surface area contributed by atoms with E-state index in [9.17, 15) is 9.59 Å². The quantitative estimate of drug-likeness (QED) is 0.921. The van der Waals surface area contributed by atoms with Crippen LogP contribution < -0.4 is 5.32 Å². The van der Waals surface area contributed by atoms with Gasteiger partial charge in [-0.2, -0.15) is 0 Å². The van der Waals surface area contributed by atoms with E-state index in [0.29, 0.717) is 0 Å². The Bertz CT molecular complexity index is 518. The number of piperazine rings is 1. The maximum atomic E-state index is 12.8. The van der Waals surface area contributed by atoms with Crippen molar-refractivity contribution in [1.82, 2.24) is 15.2 Å². The van der Waals surface area contributed by atoms with E-state index in [-0.39, 0.29) is 23.8 Å². The lowest BCUT2D eigenvalue weighted by Crippen LogP contribution is -2.64. The van der Waals surface area contributed by atoms with Crippen molar-refractivity contribution in [2.75, 3.05) is 0 Å². The van der Waals surface area contributed by atoms with Crippen LogP contribution in [0.4, 0.5) is 0 Å². The summed E-state index contributed by atoms with van der Waals surface area (Å²) in [6, 6.07) is 4.48. The van der Waals surface area contributed by atoms with Gasteiger partial charge in [0.05, 0.1) is 11.7 Å². The molecule has 0 radical (unpaired) electrons. The second kappa shape index (κ2) is 6.24. The van der Waals surface area contributed by atoms with Gasteiger partial charge in [0.1, 0.15) is 12.1 Å². The predicted octanol–water partition coefficient (Wildman–Crippen LogP) is 1.90. The van der Waals surface area contributed by atoms with Crippen molar-refractivity contribution in [3.63, 3.8) is 0 Å². The van der Waals surface area contributed by atoms with Crippen molar-refractivity contribution in [2.24, 2.45) is 5.92 Å². The fourth-order valence-corrected chi connectivity index (χ4v) is 2.73. The summed E-state index contributed by atoms with van der Waals surface area (Å²) in [5.74, 6) is 0.00432. The van der Waals surface area contributed by atoms with Gasteiger partial charge in [0, 0.05) is 6.20 Å². The predicted molar refractivity (Wildman–Crippen MR) is 80.3 cm³/mol. The third-order valence-corrected chi connectivity index (χ3v) is 4.36. The minimum atomic E-state index is -0.477. The molecule has 0 spiro atoms. The largest absolute Gasteiger partial charge is 0.342 e. The highest BCUT2D eigenvalue weighted by atomic mass is 16.2. The molecule has 4 atom stereocenters. The van der Waals surface area contributed by atoms with Crippen molar-refractivity contribution >= 4 is 11.8 Å². The third-order valence-electron chi connectivity index (χ3n) is 4.36. The third kappa shape index (κ3) is 2.91. The molecule has 1 aromatic heterocycles. The number of nitrogens with zero attached hydrogens (tertiary/aromatic N) is 2. The normalized spacial score (nSPS) is 25.4. The van der Waals surface area contributed by atoms with Crippen LogP contribution in [0.25, 0.3) is 0 Å². The average molecular weight is 289 g/mol. The van der Waals surface area contributed by atoms with Crippen LogP contribution in [0.1, 0.15) is 45.9 Å². The fourth-order valence-electron chi connectivity index (χ4n) is 2.73. The second-order valence-electron chi connectivity index (χ2n) is 5.72. The topological polar surface area (TPSA) is 62.3 Å². The highest BCUT2D eigenvalue weighted by Crippen LogP contribution is 2.26. The van der Waals surface area contributed by atoms with Gasteiger partial charge in [-0.25, -0.2) is 0 Å². The lowest BCUT2D eigenvalue weighted by Gasteiger charge is -2.42. The highest BCUT2D eigenvalue weighted by Gasteiger charge is 2.42. The van der Waals surface area contributed by atoms with Crippen LogP contribution in [0.5, 0.6) is 0 Å². The molecular formula is C16H23N3O2. The number of carbonyl (C=O) groups excluding carboxylic acids is 2. The number of carbonyl (C=O) groups is 2. The molecule has 2 rings (SSSR count). The second-order valence-corrected chi connectivity index (χ2v) is 5.72. The Labute approximate surface area is 125 Å². The van der Waals surface area contributed by atoms with E-state index >= 15 is 0 Å². The summed E-state index contributed by atoms with van der Waals surface area (Å²) in [7, 11) is 0. The summed E-state index contributed by atoms with van der Waals surface area (Å²) in [6.07, 6.45) is 2.55. The minimum Gasteiger partial charge on any atom is -0.342 e. The molecule has 5 heteroatoms.